The van der Waals surface area contributed by atoms with Crippen LogP contribution in [0.5, 0.6) is 5.75 Å². The highest BCUT2D eigenvalue weighted by Crippen LogP contribution is 2.20. The van der Waals surface area contributed by atoms with Crippen LogP contribution in [0.1, 0.15) is 6.42 Å². The number of hydrogen-bond acceptors (Lipinski definition) is 4. The summed E-state index contributed by atoms with van der Waals surface area (Å²) in [6.45, 7) is 6.07. The van der Waals surface area contributed by atoms with Crippen molar-refractivity contribution in [2.75, 3.05) is 51.3 Å². The lowest BCUT2D eigenvalue weighted by Crippen LogP contribution is -2.46. The van der Waals surface area contributed by atoms with Crippen molar-refractivity contribution in [2.45, 2.75) is 6.42 Å². The summed E-state index contributed by atoms with van der Waals surface area (Å²) < 4.78 is 5.18. The molecule has 1 heterocycles. The monoisotopic (exact) mass is 277 g/mol. The Balaban J connectivity index is 1.74. The van der Waals surface area contributed by atoms with Gasteiger partial charge in [-0.15, -0.1) is 0 Å². The summed E-state index contributed by atoms with van der Waals surface area (Å²) in [5, 5.41) is 2.70. The van der Waals surface area contributed by atoms with Gasteiger partial charge in [-0.05, 0) is 37.2 Å². The van der Waals surface area contributed by atoms with E-state index in [0.29, 0.717) is 0 Å². The lowest BCUT2D eigenvalue weighted by atomic mass is 10.2. The fourth-order valence-electron chi connectivity index (χ4n) is 2.49. The van der Waals surface area contributed by atoms with Crippen LogP contribution >= 0.6 is 0 Å². The van der Waals surface area contributed by atoms with Crippen molar-refractivity contribution in [3.8, 4) is 5.75 Å². The lowest BCUT2D eigenvalue weighted by Gasteiger charge is -2.36. The summed E-state index contributed by atoms with van der Waals surface area (Å²) in [5.41, 5.74) is 1.26. The van der Waals surface area contributed by atoms with E-state index in [-0.39, 0.29) is 0 Å². The molecule has 1 fully saturated rings. The van der Waals surface area contributed by atoms with Crippen LogP contribution in [0.15, 0.2) is 24.3 Å². The van der Waals surface area contributed by atoms with Gasteiger partial charge in [-0.2, -0.15) is 0 Å². The third-order valence-corrected chi connectivity index (χ3v) is 3.69. The van der Waals surface area contributed by atoms with E-state index in [2.05, 4.69) is 27.2 Å². The highest BCUT2D eigenvalue weighted by atomic mass is 16.5. The highest BCUT2D eigenvalue weighted by molar-refractivity contribution is 5.49. The quantitative estimate of drug-likeness (QED) is 0.595. The number of hydrogen-bond donors (Lipinski definition) is 1. The Kier molecular flexibility index (Phi) is 5.68. The minimum Gasteiger partial charge on any atom is -0.497 e. The molecule has 5 heteroatoms. The number of methoxy groups -OCH3 is 1. The van der Waals surface area contributed by atoms with E-state index in [9.17, 15) is 4.79 Å². The molecule has 0 aromatic heterocycles. The van der Waals surface area contributed by atoms with E-state index in [4.69, 9.17) is 4.74 Å². The third-order valence-electron chi connectivity index (χ3n) is 3.69. The van der Waals surface area contributed by atoms with Crippen molar-refractivity contribution in [1.82, 2.24) is 10.2 Å². The standard InChI is InChI=1S/C15H23N3O2/c1-20-15-5-3-14(4-6-15)18-11-9-17(10-12-18)8-2-7-16-13-19/h3-6,13H,2,7-12H2,1H3,(H,16,19). The lowest BCUT2D eigenvalue weighted by molar-refractivity contribution is -0.109. The molecule has 20 heavy (non-hydrogen) atoms. The first kappa shape index (κ1) is 14.7. The Morgan fingerprint density at radius 2 is 1.90 bits per heavy atom. The molecule has 1 aliphatic rings. The number of nitrogens with one attached hydrogen (secondary N) is 1. The van der Waals surface area contributed by atoms with Crippen molar-refractivity contribution in [2.24, 2.45) is 0 Å². The first-order chi connectivity index (χ1) is 9.83. The van der Waals surface area contributed by atoms with Gasteiger partial charge in [0.15, 0.2) is 0 Å². The van der Waals surface area contributed by atoms with Crippen molar-refractivity contribution in [1.29, 1.82) is 0 Å². The summed E-state index contributed by atoms with van der Waals surface area (Å²) in [7, 11) is 1.69. The van der Waals surface area contributed by atoms with Crippen LogP contribution < -0.4 is 15.0 Å². The average molecular weight is 277 g/mol. The molecule has 1 amide bonds. The molecular weight excluding hydrogens is 254 g/mol. The summed E-state index contributed by atoms with van der Waals surface area (Å²) >= 11 is 0. The minimum atomic E-state index is 0.765. The van der Waals surface area contributed by atoms with Gasteiger partial charge in [0.25, 0.3) is 0 Å². The summed E-state index contributed by atoms with van der Waals surface area (Å²) in [4.78, 5) is 15.0. The van der Waals surface area contributed by atoms with Crippen molar-refractivity contribution < 1.29 is 9.53 Å². The first-order valence-corrected chi connectivity index (χ1v) is 7.12. The number of amides is 1. The molecule has 1 aromatic carbocycles. The maximum absolute atomic E-state index is 10.2. The van der Waals surface area contributed by atoms with Crippen molar-refractivity contribution in [3.63, 3.8) is 0 Å². The van der Waals surface area contributed by atoms with Gasteiger partial charge in [0.1, 0.15) is 5.75 Å². The van der Waals surface area contributed by atoms with Crippen LogP contribution in [-0.4, -0.2) is 57.7 Å². The topological polar surface area (TPSA) is 44.8 Å². The number of anilines is 1. The number of carbonyl (C=O) groups is 1. The second-order valence-corrected chi connectivity index (χ2v) is 4.95. The largest absolute Gasteiger partial charge is 0.497 e. The van der Waals surface area contributed by atoms with E-state index in [1.165, 1.54) is 5.69 Å². The second-order valence-electron chi connectivity index (χ2n) is 4.95. The first-order valence-electron chi connectivity index (χ1n) is 7.12. The predicted molar refractivity (Wildman–Crippen MR) is 80.3 cm³/mol. The van der Waals surface area contributed by atoms with Crippen LogP contribution in [0.4, 0.5) is 5.69 Å². The second kappa shape index (κ2) is 7.75. The van der Waals surface area contributed by atoms with Gasteiger partial charge in [-0.1, -0.05) is 0 Å². The van der Waals surface area contributed by atoms with Gasteiger partial charge in [-0.3, -0.25) is 9.69 Å². The van der Waals surface area contributed by atoms with Crippen molar-refractivity contribution in [3.05, 3.63) is 24.3 Å². The molecule has 0 aliphatic carbocycles. The average Bonchev–Trinajstić information content (AvgIpc) is 2.52. The maximum Gasteiger partial charge on any atom is 0.207 e. The van der Waals surface area contributed by atoms with Crippen LogP contribution in [0, 0.1) is 0 Å². The molecule has 1 saturated heterocycles. The van der Waals surface area contributed by atoms with Crippen LogP contribution in [0.25, 0.3) is 0 Å². The van der Waals surface area contributed by atoms with E-state index < -0.39 is 0 Å². The number of ether oxygens (including phenoxy) is 1. The molecule has 110 valence electrons. The predicted octanol–water partition coefficient (Wildman–Crippen LogP) is 0.953. The fraction of sp³-hybridized carbons (Fsp3) is 0.533. The van der Waals surface area contributed by atoms with Gasteiger partial charge in [0.05, 0.1) is 7.11 Å². The van der Waals surface area contributed by atoms with Crippen LogP contribution in [0.2, 0.25) is 0 Å². The smallest absolute Gasteiger partial charge is 0.207 e. The molecule has 1 aliphatic heterocycles. The number of rotatable bonds is 7. The molecule has 0 bridgehead atoms. The molecule has 5 nitrogen and oxygen atoms in total. The molecule has 0 atom stereocenters. The normalized spacial score (nSPS) is 15.9. The summed E-state index contributed by atoms with van der Waals surface area (Å²) in [6.07, 6.45) is 1.78. The zero-order valence-electron chi connectivity index (χ0n) is 12.0. The number of carbonyl (C=O) groups excluding carboxylic acids is 1. The van der Waals surface area contributed by atoms with E-state index in [0.717, 1.165) is 57.8 Å². The molecule has 1 N–H and O–H groups in total. The summed E-state index contributed by atoms with van der Waals surface area (Å²) in [6, 6.07) is 8.24. The Hall–Kier alpha value is -1.75. The van der Waals surface area contributed by atoms with Crippen LogP contribution in [0.3, 0.4) is 0 Å². The zero-order chi connectivity index (χ0) is 14.2. The van der Waals surface area contributed by atoms with Crippen molar-refractivity contribution >= 4 is 12.1 Å². The molecule has 0 spiro atoms. The molecule has 2 rings (SSSR count). The van der Waals surface area contributed by atoms with Gasteiger partial charge < -0.3 is 15.0 Å². The molecule has 0 saturated carbocycles. The Morgan fingerprint density at radius 1 is 1.20 bits per heavy atom. The molecule has 1 aromatic rings. The Bertz CT molecular complexity index is 400. The SMILES string of the molecule is COc1ccc(N2CCN(CCCNC=O)CC2)cc1. The zero-order valence-corrected chi connectivity index (χ0v) is 12.0. The number of piperazine rings is 1. The Labute approximate surface area is 120 Å². The van der Waals surface area contributed by atoms with E-state index in [1.807, 2.05) is 12.1 Å². The van der Waals surface area contributed by atoms with Gasteiger partial charge in [0, 0.05) is 38.4 Å². The van der Waals surface area contributed by atoms with E-state index >= 15 is 0 Å². The Morgan fingerprint density at radius 3 is 2.50 bits per heavy atom. The molecular formula is C15H23N3O2. The van der Waals surface area contributed by atoms with Gasteiger partial charge >= 0.3 is 0 Å². The third kappa shape index (κ3) is 4.13. The van der Waals surface area contributed by atoms with Gasteiger partial charge in [0.2, 0.25) is 6.41 Å². The highest BCUT2D eigenvalue weighted by Gasteiger charge is 2.16. The van der Waals surface area contributed by atoms with E-state index in [1.54, 1.807) is 7.11 Å². The molecule has 0 radical (unpaired) electrons. The van der Waals surface area contributed by atoms with Gasteiger partial charge in [-0.25, -0.2) is 0 Å². The number of nitrogens with zero attached hydrogens (tertiary/aromatic N) is 2. The van der Waals surface area contributed by atoms with Crippen LogP contribution in [-0.2, 0) is 4.79 Å². The maximum atomic E-state index is 10.2. The fourth-order valence-corrected chi connectivity index (χ4v) is 2.49. The molecule has 0 unspecified atom stereocenters. The summed E-state index contributed by atoms with van der Waals surface area (Å²) in [5.74, 6) is 0.898. The number of benzene rings is 1. The minimum absolute atomic E-state index is 0.765.